The first-order valence-electron chi connectivity index (χ1n) is 4.42. The molecule has 0 saturated heterocycles. The molecule has 1 nitrogen and oxygen atoms in total. The molecule has 0 aliphatic carbocycles. The van der Waals surface area contributed by atoms with E-state index in [0.29, 0.717) is 5.03 Å². The van der Waals surface area contributed by atoms with Gasteiger partial charge in [0.2, 0.25) is 0 Å². The van der Waals surface area contributed by atoms with E-state index in [1.54, 1.807) is 17.8 Å². The maximum absolute atomic E-state index is 10.7. The number of halogens is 1. The second-order valence-corrected chi connectivity index (χ2v) is 10.7. The van der Waals surface area contributed by atoms with E-state index in [1.165, 1.54) is 17.5 Å². The van der Waals surface area contributed by atoms with Gasteiger partial charge in [0.25, 0.3) is 0 Å². The summed E-state index contributed by atoms with van der Waals surface area (Å²) in [6, 6.07) is 0. The maximum Gasteiger partial charge on any atom is 0.152 e. The zero-order valence-electron chi connectivity index (χ0n) is 9.35. The van der Waals surface area contributed by atoms with Crippen LogP contribution in [0.5, 0.6) is 0 Å². The molecule has 0 aliphatic rings. The monoisotopic (exact) mass is 248 g/mol. The van der Waals surface area contributed by atoms with Gasteiger partial charge in [-0.15, -0.1) is 11.8 Å². The highest BCUT2D eigenvalue weighted by atomic mass is 35.5. The number of hydrogen-bond donors (Lipinski definition) is 0. The van der Waals surface area contributed by atoms with Gasteiger partial charge in [-0.3, -0.25) is 4.79 Å². The minimum atomic E-state index is -1.37. The van der Waals surface area contributed by atoms with Crippen LogP contribution in [0, 0.1) is 0 Å². The number of carbonyl (C=O) groups excluding carboxylic acids is 1. The number of thioether (sulfide) groups is 1. The molecule has 0 atom stereocenters. The summed E-state index contributed by atoms with van der Waals surface area (Å²) in [5.74, 6) is 0.0270. The van der Waals surface area contributed by atoms with Gasteiger partial charge in [-0.25, -0.2) is 0 Å². The molecule has 0 fully saturated rings. The van der Waals surface area contributed by atoms with Crippen LogP contribution in [-0.4, -0.2) is 20.1 Å². The molecule has 0 aromatic carbocycles. The van der Waals surface area contributed by atoms with Gasteiger partial charge < -0.3 is 0 Å². The predicted octanol–water partition coefficient (Wildman–Crippen LogP) is 3.82. The van der Waals surface area contributed by atoms with Crippen LogP contribution in [0.4, 0.5) is 0 Å². The molecule has 0 amide bonds. The van der Waals surface area contributed by atoms with Crippen molar-refractivity contribution in [2.45, 2.75) is 26.6 Å². The van der Waals surface area contributed by atoms with Crippen molar-refractivity contribution in [2.75, 3.05) is 6.26 Å². The van der Waals surface area contributed by atoms with Crippen molar-refractivity contribution in [3.05, 3.63) is 21.7 Å². The van der Waals surface area contributed by atoms with Gasteiger partial charge in [-0.1, -0.05) is 31.2 Å². The van der Waals surface area contributed by atoms with E-state index < -0.39 is 8.07 Å². The highest BCUT2D eigenvalue weighted by molar-refractivity contribution is 8.04. The van der Waals surface area contributed by atoms with Gasteiger partial charge in [-0.2, -0.15) is 0 Å². The van der Waals surface area contributed by atoms with Gasteiger partial charge >= 0.3 is 0 Å². The first-order valence-corrected chi connectivity index (χ1v) is 9.52. The molecule has 0 heterocycles. The summed E-state index contributed by atoms with van der Waals surface area (Å²) in [5, 5.41) is 0.715. The highest BCUT2D eigenvalue weighted by Crippen LogP contribution is 2.30. The summed E-state index contributed by atoms with van der Waals surface area (Å²) in [7, 11) is -1.37. The molecule has 4 heteroatoms. The lowest BCUT2D eigenvalue weighted by Crippen LogP contribution is -2.22. The molecule has 0 aliphatic heterocycles. The standard InChI is InChI=1S/C10H17ClOSSi/c1-8(12)6-7-9(11)10(13-2)14(3,4)5/h6-7H,1-5H3/b7-6+,10-9-. The van der Waals surface area contributed by atoms with Crippen LogP contribution in [-0.2, 0) is 4.79 Å². The van der Waals surface area contributed by atoms with Gasteiger partial charge in [0.05, 0.1) is 8.07 Å². The van der Waals surface area contributed by atoms with Crippen LogP contribution < -0.4 is 0 Å². The van der Waals surface area contributed by atoms with Crippen molar-refractivity contribution in [3.63, 3.8) is 0 Å². The number of allylic oxidation sites excluding steroid dienone is 3. The molecule has 0 aromatic heterocycles. The van der Waals surface area contributed by atoms with Crippen LogP contribution in [0.15, 0.2) is 21.7 Å². The molecular formula is C10H17ClOSSi. The SMILES string of the molecule is CS/C(=C(Cl)\C=C\C(C)=O)[Si](C)(C)C. The number of carbonyl (C=O) groups is 1. The van der Waals surface area contributed by atoms with Gasteiger partial charge in [-0.05, 0) is 29.9 Å². The van der Waals surface area contributed by atoms with Crippen molar-refractivity contribution in [1.29, 1.82) is 0 Å². The summed E-state index contributed by atoms with van der Waals surface area (Å²) in [4.78, 5) is 10.7. The third-order valence-corrected chi connectivity index (χ3v) is 6.86. The van der Waals surface area contributed by atoms with Crippen LogP contribution in [0.1, 0.15) is 6.92 Å². The largest absolute Gasteiger partial charge is 0.295 e. The van der Waals surface area contributed by atoms with E-state index >= 15 is 0 Å². The Morgan fingerprint density at radius 2 is 1.79 bits per heavy atom. The Kier molecular flexibility index (Phi) is 5.79. The van der Waals surface area contributed by atoms with Crippen LogP contribution in [0.3, 0.4) is 0 Å². The summed E-state index contributed by atoms with van der Waals surface area (Å²) >= 11 is 7.81. The average Bonchev–Trinajstić information content (AvgIpc) is 1.99. The molecular weight excluding hydrogens is 232 g/mol. The van der Waals surface area contributed by atoms with E-state index in [-0.39, 0.29) is 5.78 Å². The van der Waals surface area contributed by atoms with Gasteiger partial charge in [0.1, 0.15) is 0 Å². The molecule has 0 unspecified atom stereocenters. The Morgan fingerprint density at radius 1 is 1.29 bits per heavy atom. The molecule has 0 saturated carbocycles. The minimum Gasteiger partial charge on any atom is -0.295 e. The van der Waals surface area contributed by atoms with Crippen LogP contribution >= 0.6 is 23.4 Å². The second kappa shape index (κ2) is 5.78. The van der Waals surface area contributed by atoms with Crippen molar-refractivity contribution in [3.8, 4) is 0 Å². The normalized spacial score (nSPS) is 14.4. The zero-order chi connectivity index (χ0) is 11.4. The maximum atomic E-state index is 10.7. The van der Waals surface area contributed by atoms with E-state index in [2.05, 4.69) is 19.6 Å². The molecule has 0 rings (SSSR count). The molecule has 0 aromatic rings. The Hall–Kier alpha value is 0.00688. The Morgan fingerprint density at radius 3 is 2.07 bits per heavy atom. The first kappa shape index (κ1) is 14.0. The first-order chi connectivity index (χ1) is 6.29. The van der Waals surface area contributed by atoms with E-state index in [1.807, 2.05) is 6.26 Å². The molecule has 0 N–H and O–H groups in total. The van der Waals surface area contributed by atoms with Crippen molar-refractivity contribution >= 4 is 37.2 Å². The highest BCUT2D eigenvalue weighted by Gasteiger charge is 2.21. The fraction of sp³-hybridized carbons (Fsp3) is 0.500. The lowest BCUT2D eigenvalue weighted by molar-refractivity contribution is -0.112. The van der Waals surface area contributed by atoms with Crippen molar-refractivity contribution in [1.82, 2.24) is 0 Å². The lowest BCUT2D eigenvalue weighted by atomic mass is 10.4. The summed E-state index contributed by atoms with van der Waals surface area (Å²) in [6.07, 6.45) is 5.24. The third kappa shape index (κ3) is 5.03. The topological polar surface area (TPSA) is 17.1 Å². The Balaban J connectivity index is 4.95. The molecule has 0 spiro atoms. The number of hydrogen-bond acceptors (Lipinski definition) is 2. The summed E-state index contributed by atoms with van der Waals surface area (Å²) < 4.78 is 1.23. The molecule has 0 radical (unpaired) electrons. The Labute approximate surface area is 96.6 Å². The van der Waals surface area contributed by atoms with Crippen LogP contribution in [0.2, 0.25) is 19.6 Å². The van der Waals surface area contributed by atoms with E-state index in [0.717, 1.165) is 0 Å². The average molecular weight is 249 g/mol. The van der Waals surface area contributed by atoms with Gasteiger partial charge in [0, 0.05) is 5.03 Å². The lowest BCUT2D eigenvalue weighted by Gasteiger charge is -2.19. The second-order valence-electron chi connectivity index (χ2n) is 4.08. The minimum absolute atomic E-state index is 0.0270. The molecule has 0 bridgehead atoms. The fourth-order valence-electron chi connectivity index (χ4n) is 1.03. The number of rotatable bonds is 4. The summed E-state index contributed by atoms with van der Waals surface area (Å²) in [5.41, 5.74) is 0. The zero-order valence-corrected chi connectivity index (χ0v) is 11.9. The van der Waals surface area contributed by atoms with E-state index in [4.69, 9.17) is 11.6 Å². The smallest absolute Gasteiger partial charge is 0.152 e. The Bertz CT molecular complexity index is 276. The predicted molar refractivity (Wildman–Crippen MR) is 69.6 cm³/mol. The van der Waals surface area contributed by atoms with Crippen molar-refractivity contribution in [2.24, 2.45) is 0 Å². The van der Waals surface area contributed by atoms with E-state index in [9.17, 15) is 4.79 Å². The summed E-state index contributed by atoms with van der Waals surface area (Å²) in [6.45, 7) is 8.24. The fourth-order valence-corrected chi connectivity index (χ4v) is 5.69. The number of ketones is 1. The molecule has 80 valence electrons. The van der Waals surface area contributed by atoms with Crippen LogP contribution in [0.25, 0.3) is 0 Å². The quantitative estimate of drug-likeness (QED) is 0.427. The van der Waals surface area contributed by atoms with Crippen molar-refractivity contribution < 1.29 is 4.79 Å². The van der Waals surface area contributed by atoms with Gasteiger partial charge in [0.15, 0.2) is 5.78 Å². The third-order valence-electron chi connectivity index (χ3n) is 1.57. The molecule has 14 heavy (non-hydrogen) atoms.